The zero-order valence-corrected chi connectivity index (χ0v) is 23.1. The number of hydrogen-bond acceptors (Lipinski definition) is 5. The number of benzene rings is 1. The van der Waals surface area contributed by atoms with E-state index in [1.807, 2.05) is 17.9 Å². The molecule has 0 spiro atoms. The lowest BCUT2D eigenvalue weighted by Gasteiger charge is -2.34. The SMILES string of the molecule is CCCCN(CCCC)C(=O)Cc1cc(C(C)C)c(OCC(O)CN2CCN(C(N)=O)CC2)cc1C. The van der Waals surface area contributed by atoms with Crippen LogP contribution in [0.2, 0.25) is 0 Å². The number of amides is 3. The van der Waals surface area contributed by atoms with Gasteiger partial charge in [-0.1, -0.05) is 46.6 Å². The molecule has 1 saturated heterocycles. The Balaban J connectivity index is 2.01. The van der Waals surface area contributed by atoms with Gasteiger partial charge in [0.25, 0.3) is 0 Å². The fourth-order valence-corrected chi connectivity index (χ4v) is 4.53. The summed E-state index contributed by atoms with van der Waals surface area (Å²) in [5.41, 5.74) is 8.48. The number of aliphatic hydroxyl groups is 1. The topological polar surface area (TPSA) is 99.3 Å². The zero-order chi connectivity index (χ0) is 26.7. The molecule has 204 valence electrons. The minimum Gasteiger partial charge on any atom is -0.491 e. The number of unbranched alkanes of at least 4 members (excludes halogenated alkanes) is 2. The average molecular weight is 505 g/mol. The molecular weight excluding hydrogens is 456 g/mol. The van der Waals surface area contributed by atoms with Crippen LogP contribution in [0, 0.1) is 6.92 Å². The number of nitrogens with zero attached hydrogens (tertiary/aromatic N) is 3. The standard InChI is InChI=1S/C28H48N4O4/c1-6-8-10-31(11-9-7-2)27(34)18-23-17-25(21(3)4)26(16-22(23)5)36-20-24(33)19-30-12-14-32(15-13-30)28(29)35/h16-17,21,24,33H,6-15,18-20H2,1-5H3,(H2,29,35). The number of urea groups is 1. The molecule has 8 heteroatoms. The molecule has 0 saturated carbocycles. The second kappa shape index (κ2) is 15.1. The summed E-state index contributed by atoms with van der Waals surface area (Å²) in [6.07, 6.45) is 3.97. The van der Waals surface area contributed by atoms with Gasteiger partial charge in [0.05, 0.1) is 6.42 Å². The first-order chi connectivity index (χ1) is 17.2. The van der Waals surface area contributed by atoms with Crippen molar-refractivity contribution >= 4 is 11.9 Å². The van der Waals surface area contributed by atoms with E-state index in [4.69, 9.17) is 10.5 Å². The third kappa shape index (κ3) is 9.28. The quantitative estimate of drug-likeness (QED) is 0.404. The van der Waals surface area contributed by atoms with Gasteiger partial charge in [0.1, 0.15) is 18.5 Å². The summed E-state index contributed by atoms with van der Waals surface area (Å²) in [4.78, 5) is 30.2. The van der Waals surface area contributed by atoms with Gasteiger partial charge in [-0.05, 0) is 48.4 Å². The number of carbonyl (C=O) groups is 2. The third-order valence-electron chi connectivity index (χ3n) is 6.93. The summed E-state index contributed by atoms with van der Waals surface area (Å²) in [6, 6.07) is 3.73. The zero-order valence-electron chi connectivity index (χ0n) is 23.1. The van der Waals surface area contributed by atoms with Crippen LogP contribution in [0.5, 0.6) is 5.75 Å². The first-order valence-corrected chi connectivity index (χ1v) is 13.6. The summed E-state index contributed by atoms with van der Waals surface area (Å²) in [7, 11) is 0. The molecule has 3 N–H and O–H groups in total. The highest BCUT2D eigenvalue weighted by atomic mass is 16.5. The molecule has 1 unspecified atom stereocenters. The van der Waals surface area contributed by atoms with E-state index in [1.54, 1.807) is 4.90 Å². The van der Waals surface area contributed by atoms with E-state index in [1.165, 1.54) is 0 Å². The highest BCUT2D eigenvalue weighted by Gasteiger charge is 2.22. The number of carbonyl (C=O) groups excluding carboxylic acids is 2. The van der Waals surface area contributed by atoms with E-state index in [2.05, 4.69) is 38.7 Å². The Morgan fingerprint density at radius 3 is 2.22 bits per heavy atom. The molecule has 3 amide bonds. The molecule has 0 aliphatic carbocycles. The van der Waals surface area contributed by atoms with E-state index in [0.29, 0.717) is 39.1 Å². The molecule has 0 aromatic heterocycles. The van der Waals surface area contributed by atoms with Crippen LogP contribution in [0.1, 0.15) is 76.0 Å². The van der Waals surface area contributed by atoms with Crippen LogP contribution in [-0.4, -0.2) is 90.3 Å². The largest absolute Gasteiger partial charge is 0.491 e. The Labute approximate surface area is 217 Å². The molecule has 1 aliphatic rings. The molecule has 2 rings (SSSR count). The van der Waals surface area contributed by atoms with Gasteiger partial charge >= 0.3 is 6.03 Å². The van der Waals surface area contributed by atoms with Gasteiger partial charge in [0, 0.05) is 45.8 Å². The molecule has 8 nitrogen and oxygen atoms in total. The lowest BCUT2D eigenvalue weighted by molar-refractivity contribution is -0.130. The van der Waals surface area contributed by atoms with Crippen molar-refractivity contribution in [3.05, 3.63) is 28.8 Å². The minimum atomic E-state index is -0.641. The highest BCUT2D eigenvalue weighted by Crippen LogP contribution is 2.30. The Hall–Kier alpha value is -2.32. The number of aryl methyl sites for hydroxylation is 1. The maximum atomic E-state index is 13.1. The second-order valence-corrected chi connectivity index (χ2v) is 10.3. The summed E-state index contributed by atoms with van der Waals surface area (Å²) in [5, 5.41) is 10.6. The number of β-amino-alcohol motifs (C(OH)–C–C–N with tert-alkyl or cyclic N) is 1. The van der Waals surface area contributed by atoms with E-state index >= 15 is 0 Å². The molecule has 0 radical (unpaired) electrons. The van der Waals surface area contributed by atoms with Crippen molar-refractivity contribution in [1.29, 1.82) is 0 Å². The van der Waals surface area contributed by atoms with E-state index in [0.717, 1.165) is 61.2 Å². The number of nitrogens with two attached hydrogens (primary N) is 1. The van der Waals surface area contributed by atoms with Crippen LogP contribution < -0.4 is 10.5 Å². The monoisotopic (exact) mass is 504 g/mol. The van der Waals surface area contributed by atoms with Crippen molar-refractivity contribution < 1.29 is 19.4 Å². The number of primary amides is 1. The number of ether oxygens (including phenoxy) is 1. The second-order valence-electron chi connectivity index (χ2n) is 10.3. The van der Waals surface area contributed by atoms with Crippen LogP contribution >= 0.6 is 0 Å². The van der Waals surface area contributed by atoms with Crippen LogP contribution in [-0.2, 0) is 11.2 Å². The lowest BCUT2D eigenvalue weighted by atomic mass is 9.94. The van der Waals surface area contributed by atoms with E-state index in [9.17, 15) is 14.7 Å². The van der Waals surface area contributed by atoms with E-state index < -0.39 is 12.1 Å². The number of piperazine rings is 1. The Morgan fingerprint density at radius 1 is 1.08 bits per heavy atom. The van der Waals surface area contributed by atoms with Gasteiger partial charge in [0.15, 0.2) is 0 Å². The van der Waals surface area contributed by atoms with Crippen molar-refractivity contribution in [3.8, 4) is 5.75 Å². The molecule has 36 heavy (non-hydrogen) atoms. The Kier molecular flexibility index (Phi) is 12.5. The minimum absolute atomic E-state index is 0.190. The predicted octanol–water partition coefficient (Wildman–Crippen LogP) is 3.53. The van der Waals surface area contributed by atoms with Crippen LogP contribution in [0.3, 0.4) is 0 Å². The van der Waals surface area contributed by atoms with Gasteiger partial charge < -0.3 is 25.4 Å². The summed E-state index contributed by atoms with van der Waals surface area (Å²) in [6.45, 7) is 15.4. The van der Waals surface area contributed by atoms with Crippen molar-refractivity contribution in [3.63, 3.8) is 0 Å². The third-order valence-corrected chi connectivity index (χ3v) is 6.93. The van der Waals surface area contributed by atoms with Gasteiger partial charge in [-0.15, -0.1) is 0 Å². The first kappa shape index (κ1) is 29.9. The summed E-state index contributed by atoms with van der Waals surface area (Å²) in [5.74, 6) is 1.19. The van der Waals surface area contributed by atoms with Gasteiger partial charge in [0.2, 0.25) is 5.91 Å². The van der Waals surface area contributed by atoms with Crippen molar-refractivity contribution in [2.75, 3.05) is 52.4 Å². The molecular formula is C28H48N4O4. The maximum Gasteiger partial charge on any atom is 0.314 e. The van der Waals surface area contributed by atoms with Crippen LogP contribution in [0.25, 0.3) is 0 Å². The van der Waals surface area contributed by atoms with Gasteiger partial charge in [-0.3, -0.25) is 9.69 Å². The predicted molar refractivity (Wildman–Crippen MR) is 144 cm³/mol. The van der Waals surface area contributed by atoms with Crippen molar-refractivity contribution in [2.45, 2.75) is 78.7 Å². The van der Waals surface area contributed by atoms with Crippen LogP contribution in [0.15, 0.2) is 12.1 Å². The first-order valence-electron chi connectivity index (χ1n) is 13.6. The number of aliphatic hydroxyl groups excluding tert-OH is 1. The normalized spacial score (nSPS) is 15.2. The van der Waals surface area contributed by atoms with Crippen molar-refractivity contribution in [1.82, 2.24) is 14.7 Å². The molecule has 1 heterocycles. The average Bonchev–Trinajstić information content (AvgIpc) is 2.84. The summed E-state index contributed by atoms with van der Waals surface area (Å²) < 4.78 is 6.10. The van der Waals surface area contributed by atoms with Gasteiger partial charge in [-0.25, -0.2) is 4.79 Å². The lowest BCUT2D eigenvalue weighted by Crippen LogP contribution is -2.52. The van der Waals surface area contributed by atoms with Crippen molar-refractivity contribution in [2.24, 2.45) is 5.73 Å². The smallest absolute Gasteiger partial charge is 0.314 e. The molecule has 1 atom stereocenters. The maximum absolute atomic E-state index is 13.1. The van der Waals surface area contributed by atoms with Gasteiger partial charge in [-0.2, -0.15) is 0 Å². The number of hydrogen-bond donors (Lipinski definition) is 2. The molecule has 1 aliphatic heterocycles. The fraction of sp³-hybridized carbons (Fsp3) is 0.714. The Bertz CT molecular complexity index is 829. The highest BCUT2D eigenvalue weighted by molar-refractivity contribution is 5.79. The summed E-state index contributed by atoms with van der Waals surface area (Å²) >= 11 is 0. The van der Waals surface area contributed by atoms with E-state index in [-0.39, 0.29) is 18.4 Å². The number of rotatable bonds is 14. The molecule has 1 aromatic carbocycles. The fourth-order valence-electron chi connectivity index (χ4n) is 4.53. The Morgan fingerprint density at radius 2 is 1.69 bits per heavy atom. The molecule has 1 fully saturated rings. The molecule has 1 aromatic rings. The molecule has 0 bridgehead atoms. The van der Waals surface area contributed by atoms with Crippen LogP contribution in [0.4, 0.5) is 4.79 Å².